The number of piperidine rings is 1. The molecule has 1 atom stereocenters. The quantitative estimate of drug-likeness (QED) is 0.555. The molecule has 1 fully saturated rings. The molecule has 0 spiro atoms. The Hall–Kier alpha value is -3.47. The maximum Gasteiger partial charge on any atom is 0.344 e. The van der Waals surface area contributed by atoms with Crippen molar-refractivity contribution < 1.29 is 28.2 Å². The van der Waals surface area contributed by atoms with Crippen molar-refractivity contribution in [2.24, 2.45) is 10.1 Å². The molecule has 2 heterocycles. The number of amides is 1. The van der Waals surface area contributed by atoms with Gasteiger partial charge in [-0.05, 0) is 43.5 Å². The summed E-state index contributed by atoms with van der Waals surface area (Å²) >= 11 is 0. The van der Waals surface area contributed by atoms with Crippen molar-refractivity contribution >= 4 is 27.6 Å². The highest BCUT2D eigenvalue weighted by atomic mass is 32.2. The fraction of sp³-hybridized carbons (Fsp3) is 0.300. The van der Waals surface area contributed by atoms with Crippen molar-refractivity contribution in [2.75, 3.05) is 17.9 Å². The minimum Gasteiger partial charge on any atom is -0.508 e. The molecule has 11 heteroatoms. The molecule has 2 aliphatic heterocycles. The number of likely N-dealkylation sites (tertiary alicyclic amines) is 1. The van der Waals surface area contributed by atoms with Crippen LogP contribution in [0.2, 0.25) is 0 Å². The van der Waals surface area contributed by atoms with Crippen LogP contribution in [-0.4, -0.2) is 54.5 Å². The lowest BCUT2D eigenvalue weighted by Crippen LogP contribution is -2.46. The third-order valence-electron chi connectivity index (χ3n) is 5.27. The number of nitrogens with zero attached hydrogens (tertiary/aromatic N) is 2. The maximum absolute atomic E-state index is 13.0. The van der Waals surface area contributed by atoms with E-state index in [2.05, 4.69) is 9.12 Å². The van der Waals surface area contributed by atoms with Crippen LogP contribution in [0.3, 0.4) is 0 Å². The molecule has 2 aromatic rings. The summed E-state index contributed by atoms with van der Waals surface area (Å²) in [5, 5.41) is 19.5. The predicted molar refractivity (Wildman–Crippen MR) is 114 cm³/mol. The number of phenols is 2. The van der Waals surface area contributed by atoms with E-state index in [0.717, 1.165) is 18.9 Å². The molecule has 10 nitrogen and oxygen atoms in total. The molecule has 0 aromatic heterocycles. The van der Waals surface area contributed by atoms with Gasteiger partial charge in [-0.15, -0.1) is 4.40 Å². The number of hydrogen-bond acceptors (Lipinski definition) is 7. The van der Waals surface area contributed by atoms with Gasteiger partial charge in [-0.25, -0.2) is 0 Å². The van der Waals surface area contributed by atoms with Gasteiger partial charge in [-0.2, -0.15) is 8.42 Å². The lowest BCUT2D eigenvalue weighted by atomic mass is 10.0. The average Bonchev–Trinajstić information content (AvgIpc) is 2.71. The van der Waals surface area contributed by atoms with Crippen molar-refractivity contribution in [3.05, 3.63) is 47.5 Å². The molecule has 2 aliphatic rings. The molecule has 1 saturated heterocycles. The summed E-state index contributed by atoms with van der Waals surface area (Å²) in [4.78, 5) is 14.7. The largest absolute Gasteiger partial charge is 0.508 e. The van der Waals surface area contributed by atoms with Gasteiger partial charge in [-0.1, -0.05) is 6.07 Å². The molecular formula is C20H22N4O6S. The Morgan fingerprint density at radius 3 is 2.84 bits per heavy atom. The second-order valence-corrected chi connectivity index (χ2v) is 8.73. The van der Waals surface area contributed by atoms with E-state index in [4.69, 9.17) is 10.5 Å². The molecule has 164 valence electrons. The fourth-order valence-corrected chi connectivity index (χ4v) is 4.66. The third-order valence-corrected chi connectivity index (χ3v) is 6.19. The Bertz CT molecular complexity index is 1160. The lowest BCUT2D eigenvalue weighted by Gasteiger charge is -2.36. The summed E-state index contributed by atoms with van der Waals surface area (Å²) in [6, 6.07) is 8.45. The number of nitrogens with one attached hydrogen (secondary N) is 1. The normalized spacial score (nSPS) is 19.7. The van der Waals surface area contributed by atoms with E-state index < -0.39 is 10.2 Å². The first-order chi connectivity index (χ1) is 14.7. The van der Waals surface area contributed by atoms with Crippen LogP contribution in [0.1, 0.15) is 35.2 Å². The van der Waals surface area contributed by atoms with Gasteiger partial charge in [0, 0.05) is 12.6 Å². The van der Waals surface area contributed by atoms with Crippen LogP contribution in [0, 0.1) is 0 Å². The highest BCUT2D eigenvalue weighted by molar-refractivity contribution is 7.91. The highest BCUT2D eigenvalue weighted by Gasteiger charge is 2.30. The molecule has 31 heavy (non-hydrogen) atoms. The number of amidine groups is 1. The number of carbonyl (C=O) groups is 1. The Morgan fingerprint density at radius 1 is 1.26 bits per heavy atom. The van der Waals surface area contributed by atoms with Crippen LogP contribution in [0.5, 0.6) is 17.2 Å². The van der Waals surface area contributed by atoms with Crippen molar-refractivity contribution in [1.82, 2.24) is 4.90 Å². The third kappa shape index (κ3) is 4.22. The number of anilines is 1. The van der Waals surface area contributed by atoms with Crippen LogP contribution in [0.25, 0.3) is 0 Å². The second-order valence-electron chi connectivity index (χ2n) is 7.39. The Labute approximate surface area is 179 Å². The molecule has 0 saturated carbocycles. The van der Waals surface area contributed by atoms with E-state index in [1.807, 2.05) is 0 Å². The zero-order chi connectivity index (χ0) is 22.2. The van der Waals surface area contributed by atoms with Crippen LogP contribution >= 0.6 is 0 Å². The van der Waals surface area contributed by atoms with Crippen LogP contribution in [0.4, 0.5) is 5.69 Å². The number of benzene rings is 2. The smallest absolute Gasteiger partial charge is 0.344 e. The number of aromatic hydroxyl groups is 2. The zero-order valence-corrected chi connectivity index (χ0v) is 17.3. The number of hydrogen-bond donors (Lipinski definition) is 4. The van der Waals surface area contributed by atoms with Crippen LogP contribution in [-0.2, 0) is 10.2 Å². The molecule has 4 rings (SSSR count). The molecule has 2 aromatic carbocycles. The first-order valence-corrected chi connectivity index (χ1v) is 11.2. The predicted octanol–water partition coefficient (Wildman–Crippen LogP) is 1.55. The summed E-state index contributed by atoms with van der Waals surface area (Å²) in [5.41, 5.74) is 6.58. The second kappa shape index (κ2) is 7.99. The average molecular weight is 446 g/mol. The van der Waals surface area contributed by atoms with E-state index in [9.17, 15) is 23.4 Å². The van der Waals surface area contributed by atoms with Gasteiger partial charge in [0.05, 0.1) is 22.9 Å². The monoisotopic (exact) mass is 446 g/mol. The van der Waals surface area contributed by atoms with Gasteiger partial charge in [0.15, 0.2) is 5.84 Å². The number of nitrogens with two attached hydrogens (primary N) is 1. The van der Waals surface area contributed by atoms with E-state index in [1.165, 1.54) is 12.1 Å². The van der Waals surface area contributed by atoms with Crippen molar-refractivity contribution in [1.29, 1.82) is 0 Å². The molecule has 0 radical (unpaired) electrons. The van der Waals surface area contributed by atoms with Crippen molar-refractivity contribution in [3.63, 3.8) is 0 Å². The van der Waals surface area contributed by atoms with Crippen LogP contribution in [0.15, 0.2) is 40.8 Å². The molecule has 0 unspecified atom stereocenters. The topological polar surface area (TPSA) is 155 Å². The standard InChI is InChI=1S/C20H22N4O6S/c21-19-18-15(22-31(28,29)23-19)5-3-6-17(18)30-11-12-4-1-2-9-24(12)20(27)14-8-7-13(25)10-16(14)26/h3,5-8,10,12,22,25-26H,1-2,4,9,11H2,(H2,21,23)/t12-/m1/s1. The maximum atomic E-state index is 13.0. The van der Waals surface area contributed by atoms with Gasteiger partial charge in [0.2, 0.25) is 0 Å². The Kier molecular flexibility index (Phi) is 5.36. The Morgan fingerprint density at radius 2 is 2.06 bits per heavy atom. The Balaban J connectivity index is 1.55. The number of phenolic OH excluding ortho intramolecular Hbond substituents is 2. The van der Waals surface area contributed by atoms with Gasteiger partial charge in [0.25, 0.3) is 5.91 Å². The lowest BCUT2D eigenvalue weighted by molar-refractivity contribution is 0.0525. The summed E-state index contributed by atoms with van der Waals surface area (Å²) in [7, 11) is -3.89. The molecule has 0 aliphatic carbocycles. The number of rotatable bonds is 4. The minimum atomic E-state index is -3.89. The van der Waals surface area contributed by atoms with Gasteiger partial charge in [-0.3, -0.25) is 9.52 Å². The first kappa shape index (κ1) is 20.8. The van der Waals surface area contributed by atoms with E-state index in [0.29, 0.717) is 24.3 Å². The summed E-state index contributed by atoms with van der Waals surface area (Å²) in [6.07, 6.45) is 2.44. The first-order valence-electron chi connectivity index (χ1n) is 9.72. The van der Waals surface area contributed by atoms with Crippen LogP contribution < -0.4 is 15.2 Å². The zero-order valence-electron chi connectivity index (χ0n) is 16.5. The van der Waals surface area contributed by atoms with E-state index in [-0.39, 0.29) is 47.1 Å². The van der Waals surface area contributed by atoms with Crippen molar-refractivity contribution in [2.45, 2.75) is 25.3 Å². The minimum absolute atomic E-state index is 0.104. The van der Waals surface area contributed by atoms with E-state index >= 15 is 0 Å². The van der Waals surface area contributed by atoms with Gasteiger partial charge >= 0.3 is 10.2 Å². The van der Waals surface area contributed by atoms with E-state index in [1.54, 1.807) is 23.1 Å². The molecular weight excluding hydrogens is 424 g/mol. The molecule has 0 bridgehead atoms. The number of carbonyl (C=O) groups excluding carboxylic acids is 1. The molecule has 1 amide bonds. The molecule has 5 N–H and O–H groups in total. The fourth-order valence-electron chi connectivity index (χ4n) is 3.82. The van der Waals surface area contributed by atoms with Gasteiger partial charge in [0.1, 0.15) is 23.9 Å². The summed E-state index contributed by atoms with van der Waals surface area (Å²) < 4.78 is 35.2. The van der Waals surface area contributed by atoms with Gasteiger partial charge < -0.3 is 25.6 Å². The SMILES string of the molecule is NC1=NS(=O)(=O)Nc2cccc(OC[C@H]3CCCCN3C(=O)c3ccc(O)cc3O)c21. The number of ether oxygens (including phenoxy) is 1. The summed E-state index contributed by atoms with van der Waals surface area (Å²) in [6.45, 7) is 0.657. The van der Waals surface area contributed by atoms with Crippen molar-refractivity contribution in [3.8, 4) is 17.2 Å². The highest BCUT2D eigenvalue weighted by Crippen LogP contribution is 2.32. The summed E-state index contributed by atoms with van der Waals surface area (Å²) in [5.74, 6) is -0.587. The number of fused-ring (bicyclic) bond motifs is 1.